The Bertz CT molecular complexity index is 543. The first kappa shape index (κ1) is 13.8. The number of non-ortho nitro benzene ring substituents is 1. The fourth-order valence-electron chi connectivity index (χ4n) is 1.85. The average molecular weight is 284 g/mol. The van der Waals surface area contributed by atoms with Crippen LogP contribution in [0.3, 0.4) is 0 Å². The highest BCUT2D eigenvalue weighted by Gasteiger charge is 2.47. The number of benzene rings is 1. The van der Waals surface area contributed by atoms with E-state index in [1.165, 1.54) is 23.1 Å². The molecule has 0 saturated heterocycles. The Labute approximate surface area is 115 Å². The van der Waals surface area contributed by atoms with E-state index in [0.29, 0.717) is 23.4 Å². The van der Waals surface area contributed by atoms with E-state index in [1.54, 1.807) is 7.05 Å². The van der Waals surface area contributed by atoms with Crippen molar-refractivity contribution in [2.45, 2.75) is 24.9 Å². The molecule has 7 heteroatoms. The van der Waals surface area contributed by atoms with Crippen molar-refractivity contribution in [3.05, 3.63) is 38.9 Å². The van der Waals surface area contributed by atoms with Gasteiger partial charge >= 0.3 is 0 Å². The van der Waals surface area contributed by atoms with Crippen LogP contribution in [0, 0.1) is 10.1 Å². The van der Waals surface area contributed by atoms with Gasteiger partial charge < -0.3 is 10.6 Å². The molecule has 0 spiro atoms. The summed E-state index contributed by atoms with van der Waals surface area (Å²) in [4.78, 5) is 23.7. The molecule has 0 atom stereocenters. The molecule has 0 radical (unpaired) electrons. The molecule has 0 bridgehead atoms. The van der Waals surface area contributed by atoms with E-state index in [0.717, 1.165) is 0 Å². The largest absolute Gasteiger partial charge is 0.340 e. The Kier molecular flexibility index (Phi) is 3.47. The summed E-state index contributed by atoms with van der Waals surface area (Å²) in [6.45, 7) is 0.207. The molecule has 1 amide bonds. The van der Waals surface area contributed by atoms with Crippen molar-refractivity contribution >= 4 is 23.2 Å². The lowest BCUT2D eigenvalue weighted by molar-refractivity contribution is -0.384. The van der Waals surface area contributed by atoms with Crippen LogP contribution in [0.4, 0.5) is 5.69 Å². The Balaban J connectivity index is 2.16. The van der Waals surface area contributed by atoms with Crippen LogP contribution in [-0.2, 0) is 11.3 Å². The number of nitro benzene ring substituents is 1. The third-order valence-electron chi connectivity index (χ3n) is 3.21. The van der Waals surface area contributed by atoms with E-state index in [9.17, 15) is 14.9 Å². The van der Waals surface area contributed by atoms with Gasteiger partial charge in [-0.15, -0.1) is 0 Å². The number of hydrogen-bond donors (Lipinski definition) is 1. The van der Waals surface area contributed by atoms with Crippen molar-refractivity contribution in [1.82, 2.24) is 4.90 Å². The molecule has 1 aliphatic rings. The van der Waals surface area contributed by atoms with Crippen molar-refractivity contribution < 1.29 is 9.72 Å². The molecular weight excluding hydrogens is 270 g/mol. The van der Waals surface area contributed by atoms with E-state index < -0.39 is 10.5 Å². The van der Waals surface area contributed by atoms with Crippen LogP contribution in [0.1, 0.15) is 18.4 Å². The third kappa shape index (κ3) is 2.85. The van der Waals surface area contributed by atoms with Crippen LogP contribution in [0.2, 0.25) is 5.02 Å². The van der Waals surface area contributed by atoms with Crippen LogP contribution in [-0.4, -0.2) is 28.3 Å². The summed E-state index contributed by atoms with van der Waals surface area (Å²) in [6, 6.07) is 4.17. The van der Waals surface area contributed by atoms with E-state index in [2.05, 4.69) is 0 Å². The van der Waals surface area contributed by atoms with Crippen LogP contribution in [0.15, 0.2) is 18.2 Å². The number of nitrogens with two attached hydrogens (primary N) is 1. The second-order valence-corrected chi connectivity index (χ2v) is 5.26. The van der Waals surface area contributed by atoms with Crippen molar-refractivity contribution in [3.63, 3.8) is 0 Å². The highest BCUT2D eigenvalue weighted by molar-refractivity contribution is 6.31. The predicted octanol–water partition coefficient (Wildman–Crippen LogP) is 1.70. The number of carbonyl (C=O) groups is 1. The lowest BCUT2D eigenvalue weighted by Crippen LogP contribution is -2.43. The molecule has 1 fully saturated rings. The Morgan fingerprint density at radius 2 is 2.21 bits per heavy atom. The molecule has 0 aromatic heterocycles. The number of hydrogen-bond acceptors (Lipinski definition) is 4. The average Bonchev–Trinajstić information content (AvgIpc) is 3.10. The fraction of sp³-hybridized carbons (Fsp3) is 0.417. The number of halogens is 1. The van der Waals surface area contributed by atoms with Gasteiger partial charge in [-0.1, -0.05) is 11.6 Å². The number of nitrogens with zero attached hydrogens (tertiary/aromatic N) is 2. The second kappa shape index (κ2) is 4.79. The smallest absolute Gasteiger partial charge is 0.269 e. The van der Waals surface area contributed by atoms with Crippen molar-refractivity contribution in [3.8, 4) is 0 Å². The number of nitro groups is 1. The summed E-state index contributed by atoms with van der Waals surface area (Å²) in [5, 5.41) is 11.1. The zero-order chi connectivity index (χ0) is 14.2. The van der Waals surface area contributed by atoms with Gasteiger partial charge in [0.25, 0.3) is 5.69 Å². The summed E-state index contributed by atoms with van der Waals surface area (Å²) in [7, 11) is 1.62. The molecule has 0 unspecified atom stereocenters. The Morgan fingerprint density at radius 1 is 1.58 bits per heavy atom. The number of carbonyl (C=O) groups excluding carboxylic acids is 1. The topological polar surface area (TPSA) is 89.5 Å². The summed E-state index contributed by atoms with van der Waals surface area (Å²) >= 11 is 5.99. The minimum Gasteiger partial charge on any atom is -0.340 e. The Morgan fingerprint density at radius 3 is 2.74 bits per heavy atom. The van der Waals surface area contributed by atoms with Crippen LogP contribution < -0.4 is 5.73 Å². The molecule has 1 aliphatic carbocycles. The van der Waals surface area contributed by atoms with Gasteiger partial charge in [-0.05, 0) is 24.5 Å². The monoisotopic (exact) mass is 283 g/mol. The van der Waals surface area contributed by atoms with Crippen LogP contribution in [0.25, 0.3) is 0 Å². The molecule has 2 N–H and O–H groups in total. The highest BCUT2D eigenvalue weighted by Crippen LogP contribution is 2.34. The van der Waals surface area contributed by atoms with E-state index in [4.69, 9.17) is 17.3 Å². The standard InChI is InChI=1S/C12H14ClN3O3/c1-15(11(17)12(14)4-5-12)7-8-6-9(16(18)19)2-3-10(8)13/h2-3,6H,4-5,7,14H2,1H3. The maximum absolute atomic E-state index is 12.0. The lowest BCUT2D eigenvalue weighted by atomic mass is 10.1. The molecule has 0 aliphatic heterocycles. The molecule has 19 heavy (non-hydrogen) atoms. The van der Waals surface area contributed by atoms with Crippen molar-refractivity contribution in [1.29, 1.82) is 0 Å². The van der Waals surface area contributed by atoms with E-state index >= 15 is 0 Å². The quantitative estimate of drug-likeness (QED) is 0.673. The van der Waals surface area contributed by atoms with Gasteiger partial charge in [-0.2, -0.15) is 0 Å². The highest BCUT2D eigenvalue weighted by atomic mass is 35.5. The van der Waals surface area contributed by atoms with Gasteiger partial charge in [0.1, 0.15) is 0 Å². The first-order chi connectivity index (χ1) is 8.83. The molecule has 6 nitrogen and oxygen atoms in total. The van der Waals surface area contributed by atoms with Gasteiger partial charge in [0.2, 0.25) is 5.91 Å². The summed E-state index contributed by atoms with van der Waals surface area (Å²) < 4.78 is 0. The molecule has 2 rings (SSSR count). The number of amides is 1. The molecule has 1 aromatic rings. The summed E-state index contributed by atoms with van der Waals surface area (Å²) in [5.74, 6) is -0.157. The first-order valence-corrected chi connectivity index (χ1v) is 6.18. The Hall–Kier alpha value is -1.66. The maximum atomic E-state index is 12.0. The van der Waals surface area contributed by atoms with E-state index in [1.807, 2.05) is 0 Å². The fourth-order valence-corrected chi connectivity index (χ4v) is 2.03. The number of likely N-dealkylation sites (N-methyl/N-ethyl adjacent to an activating group) is 1. The van der Waals surface area contributed by atoms with Gasteiger partial charge in [0.05, 0.1) is 10.5 Å². The zero-order valence-corrected chi connectivity index (χ0v) is 11.2. The molecule has 1 aromatic carbocycles. The minimum absolute atomic E-state index is 0.0471. The van der Waals surface area contributed by atoms with Crippen LogP contribution in [0.5, 0.6) is 0 Å². The predicted molar refractivity (Wildman–Crippen MR) is 70.7 cm³/mol. The first-order valence-electron chi connectivity index (χ1n) is 5.81. The van der Waals surface area contributed by atoms with Gasteiger partial charge in [0.15, 0.2) is 0 Å². The van der Waals surface area contributed by atoms with Gasteiger partial charge in [0, 0.05) is 30.7 Å². The van der Waals surface area contributed by atoms with Crippen molar-refractivity contribution in [2.75, 3.05) is 7.05 Å². The molecule has 1 saturated carbocycles. The summed E-state index contributed by atoms with van der Waals surface area (Å²) in [5.41, 5.74) is 5.57. The van der Waals surface area contributed by atoms with Crippen LogP contribution >= 0.6 is 11.6 Å². The maximum Gasteiger partial charge on any atom is 0.269 e. The SMILES string of the molecule is CN(Cc1cc([N+](=O)[O-])ccc1Cl)C(=O)C1(N)CC1. The minimum atomic E-state index is -0.748. The zero-order valence-electron chi connectivity index (χ0n) is 10.4. The molecular formula is C12H14ClN3O3. The number of rotatable bonds is 4. The van der Waals surface area contributed by atoms with E-state index in [-0.39, 0.29) is 18.1 Å². The normalized spacial score (nSPS) is 15.9. The van der Waals surface area contributed by atoms with Crippen molar-refractivity contribution in [2.24, 2.45) is 5.73 Å². The lowest BCUT2D eigenvalue weighted by Gasteiger charge is -2.21. The third-order valence-corrected chi connectivity index (χ3v) is 3.58. The van der Waals surface area contributed by atoms with Gasteiger partial charge in [-0.25, -0.2) is 0 Å². The summed E-state index contributed by atoms with van der Waals surface area (Å²) in [6.07, 6.45) is 1.36. The second-order valence-electron chi connectivity index (χ2n) is 4.85. The van der Waals surface area contributed by atoms with Gasteiger partial charge in [-0.3, -0.25) is 14.9 Å². The molecule has 102 valence electrons. The molecule has 0 heterocycles.